The zero-order valence-electron chi connectivity index (χ0n) is 6.77. The van der Waals surface area contributed by atoms with Crippen LogP contribution in [0.1, 0.15) is 0 Å². The van der Waals surface area contributed by atoms with Crippen molar-refractivity contribution in [2.24, 2.45) is 5.73 Å². The van der Waals surface area contributed by atoms with Gasteiger partial charge in [0.1, 0.15) is 5.65 Å². The average Bonchev–Trinajstić information content (AvgIpc) is 2.49. The Labute approximate surface area is 74.2 Å². The minimum atomic E-state index is -0.573. The molecule has 2 amide bonds. The van der Waals surface area contributed by atoms with Crippen molar-refractivity contribution < 1.29 is 4.79 Å². The molecule has 0 saturated heterocycles. The molecule has 0 atom stereocenters. The molecule has 0 aliphatic rings. The lowest BCUT2D eigenvalue weighted by atomic mass is 10.4. The van der Waals surface area contributed by atoms with Crippen LogP contribution in [0.4, 0.5) is 10.5 Å². The Morgan fingerprint density at radius 2 is 2.38 bits per heavy atom. The van der Waals surface area contributed by atoms with E-state index < -0.39 is 6.03 Å². The van der Waals surface area contributed by atoms with E-state index >= 15 is 0 Å². The maximum Gasteiger partial charge on any atom is 0.316 e. The third-order valence-corrected chi connectivity index (χ3v) is 1.67. The van der Waals surface area contributed by atoms with E-state index in [0.717, 1.165) is 5.65 Å². The number of fused-ring (bicyclic) bond motifs is 1. The molecule has 5 heteroatoms. The van der Waals surface area contributed by atoms with Crippen LogP contribution in [0.15, 0.2) is 30.7 Å². The number of rotatable bonds is 1. The molecule has 0 saturated carbocycles. The van der Waals surface area contributed by atoms with Crippen molar-refractivity contribution in [3.63, 3.8) is 0 Å². The van der Waals surface area contributed by atoms with Gasteiger partial charge in [0.2, 0.25) is 0 Å². The zero-order chi connectivity index (χ0) is 9.26. The van der Waals surface area contributed by atoms with Gasteiger partial charge in [0.05, 0.1) is 0 Å². The summed E-state index contributed by atoms with van der Waals surface area (Å²) in [6, 6.07) is 2.92. The molecule has 0 aliphatic carbocycles. The molecular weight excluding hydrogens is 168 g/mol. The summed E-state index contributed by atoms with van der Waals surface area (Å²) in [5, 5.41) is 2.47. The van der Waals surface area contributed by atoms with E-state index in [9.17, 15) is 4.79 Å². The first-order valence-corrected chi connectivity index (χ1v) is 3.75. The summed E-state index contributed by atoms with van der Waals surface area (Å²) in [6.07, 6.45) is 5.31. The monoisotopic (exact) mass is 176 g/mol. The quantitative estimate of drug-likeness (QED) is 0.675. The van der Waals surface area contributed by atoms with Crippen LogP contribution in [0.5, 0.6) is 0 Å². The highest BCUT2D eigenvalue weighted by atomic mass is 16.2. The number of primary amides is 1. The molecule has 2 rings (SSSR count). The third-order valence-electron chi connectivity index (χ3n) is 1.67. The fourth-order valence-electron chi connectivity index (χ4n) is 1.13. The predicted octanol–water partition coefficient (Wildman–Crippen LogP) is 0.825. The number of aromatic nitrogens is 2. The van der Waals surface area contributed by atoms with Gasteiger partial charge >= 0.3 is 6.03 Å². The highest BCUT2D eigenvalue weighted by Crippen LogP contribution is 2.09. The van der Waals surface area contributed by atoms with Crippen molar-refractivity contribution in [1.82, 2.24) is 9.38 Å². The molecule has 0 fully saturated rings. The molecule has 0 spiro atoms. The van der Waals surface area contributed by atoms with E-state index in [0.29, 0.717) is 5.69 Å². The smallest absolute Gasteiger partial charge is 0.316 e. The number of amides is 2. The Kier molecular flexibility index (Phi) is 1.63. The van der Waals surface area contributed by atoms with E-state index in [1.807, 2.05) is 10.6 Å². The minimum Gasteiger partial charge on any atom is -0.351 e. The highest BCUT2D eigenvalue weighted by Gasteiger charge is 1.97. The Hall–Kier alpha value is -2.04. The van der Waals surface area contributed by atoms with Gasteiger partial charge in [-0.25, -0.2) is 9.78 Å². The topological polar surface area (TPSA) is 72.4 Å². The van der Waals surface area contributed by atoms with Crippen LogP contribution >= 0.6 is 0 Å². The SMILES string of the molecule is NC(=O)Nc1ccn2ccnc2c1. The number of nitrogens with one attached hydrogen (secondary N) is 1. The van der Waals surface area contributed by atoms with Crippen molar-refractivity contribution in [3.05, 3.63) is 30.7 Å². The van der Waals surface area contributed by atoms with Crippen molar-refractivity contribution in [3.8, 4) is 0 Å². The van der Waals surface area contributed by atoms with Crippen molar-refractivity contribution in [1.29, 1.82) is 0 Å². The number of carbonyl (C=O) groups is 1. The molecule has 3 N–H and O–H groups in total. The van der Waals surface area contributed by atoms with Gasteiger partial charge in [-0.05, 0) is 6.07 Å². The molecule has 0 unspecified atom stereocenters. The van der Waals surface area contributed by atoms with Crippen LogP contribution in [0.25, 0.3) is 5.65 Å². The molecule has 5 nitrogen and oxygen atoms in total. The second-order valence-electron chi connectivity index (χ2n) is 2.60. The second kappa shape index (κ2) is 2.78. The number of carbonyl (C=O) groups excluding carboxylic acids is 1. The summed E-state index contributed by atoms with van der Waals surface area (Å²) in [5.41, 5.74) is 6.38. The highest BCUT2D eigenvalue weighted by molar-refractivity contribution is 5.88. The molecule has 13 heavy (non-hydrogen) atoms. The van der Waals surface area contributed by atoms with Crippen LogP contribution in [0, 0.1) is 0 Å². The lowest BCUT2D eigenvalue weighted by Crippen LogP contribution is -2.19. The van der Waals surface area contributed by atoms with Crippen LogP contribution in [-0.4, -0.2) is 15.4 Å². The molecule has 0 bridgehead atoms. The zero-order valence-corrected chi connectivity index (χ0v) is 6.77. The van der Waals surface area contributed by atoms with E-state index in [1.165, 1.54) is 0 Å². The van der Waals surface area contributed by atoms with Gasteiger partial charge in [0.15, 0.2) is 0 Å². The maximum absolute atomic E-state index is 10.5. The summed E-state index contributed by atoms with van der Waals surface area (Å²) in [5.74, 6) is 0. The molecule has 0 aliphatic heterocycles. The molecular formula is C8H8N4O. The number of anilines is 1. The summed E-state index contributed by atoms with van der Waals surface area (Å²) in [4.78, 5) is 14.6. The molecule has 0 aromatic carbocycles. The number of hydrogen-bond acceptors (Lipinski definition) is 2. The standard InChI is InChI=1S/C8H8N4O/c9-8(13)11-6-1-3-12-4-2-10-7(12)5-6/h1-5H,(H3,9,11,13). The Balaban J connectivity index is 2.42. The largest absolute Gasteiger partial charge is 0.351 e. The summed E-state index contributed by atoms with van der Waals surface area (Å²) >= 11 is 0. The van der Waals surface area contributed by atoms with E-state index in [-0.39, 0.29) is 0 Å². The number of urea groups is 1. The predicted molar refractivity (Wildman–Crippen MR) is 48.4 cm³/mol. The lowest BCUT2D eigenvalue weighted by Gasteiger charge is -2.00. The number of hydrogen-bond donors (Lipinski definition) is 2. The average molecular weight is 176 g/mol. The van der Waals surface area contributed by atoms with Gasteiger partial charge in [0.25, 0.3) is 0 Å². The maximum atomic E-state index is 10.5. The van der Waals surface area contributed by atoms with Crippen LogP contribution < -0.4 is 11.1 Å². The van der Waals surface area contributed by atoms with Crippen molar-refractivity contribution in [2.75, 3.05) is 5.32 Å². The first-order chi connectivity index (χ1) is 6.25. The molecule has 2 aromatic heterocycles. The summed E-state index contributed by atoms with van der Waals surface area (Å²) < 4.78 is 1.84. The summed E-state index contributed by atoms with van der Waals surface area (Å²) in [7, 11) is 0. The van der Waals surface area contributed by atoms with Crippen molar-refractivity contribution >= 4 is 17.4 Å². The number of imidazole rings is 1. The van der Waals surface area contributed by atoms with Crippen LogP contribution in [-0.2, 0) is 0 Å². The fraction of sp³-hybridized carbons (Fsp3) is 0. The van der Waals surface area contributed by atoms with Crippen LogP contribution in [0.2, 0.25) is 0 Å². The molecule has 0 radical (unpaired) electrons. The summed E-state index contributed by atoms with van der Waals surface area (Å²) in [6.45, 7) is 0. The Morgan fingerprint density at radius 1 is 1.54 bits per heavy atom. The normalized spacial score (nSPS) is 10.2. The minimum absolute atomic E-state index is 0.573. The third kappa shape index (κ3) is 1.44. The number of pyridine rings is 1. The van der Waals surface area contributed by atoms with E-state index in [2.05, 4.69) is 10.3 Å². The Bertz CT molecular complexity index is 448. The fourth-order valence-corrected chi connectivity index (χ4v) is 1.13. The first kappa shape index (κ1) is 7.60. The van der Waals surface area contributed by atoms with Gasteiger partial charge in [0, 0.05) is 30.3 Å². The van der Waals surface area contributed by atoms with Gasteiger partial charge in [-0.2, -0.15) is 0 Å². The van der Waals surface area contributed by atoms with Gasteiger partial charge < -0.3 is 15.5 Å². The lowest BCUT2D eigenvalue weighted by molar-refractivity contribution is 0.259. The van der Waals surface area contributed by atoms with Crippen LogP contribution in [0.3, 0.4) is 0 Å². The van der Waals surface area contributed by atoms with E-state index in [1.54, 1.807) is 24.5 Å². The number of nitrogens with two attached hydrogens (primary N) is 1. The van der Waals surface area contributed by atoms with Crippen molar-refractivity contribution in [2.45, 2.75) is 0 Å². The van der Waals surface area contributed by atoms with E-state index in [4.69, 9.17) is 5.73 Å². The van der Waals surface area contributed by atoms with Gasteiger partial charge in [-0.15, -0.1) is 0 Å². The number of nitrogens with zero attached hydrogens (tertiary/aromatic N) is 2. The molecule has 2 heterocycles. The van der Waals surface area contributed by atoms with Gasteiger partial charge in [-0.1, -0.05) is 0 Å². The van der Waals surface area contributed by atoms with Gasteiger partial charge in [-0.3, -0.25) is 0 Å². The second-order valence-corrected chi connectivity index (χ2v) is 2.60. The first-order valence-electron chi connectivity index (χ1n) is 3.75. The molecule has 2 aromatic rings. The Morgan fingerprint density at radius 3 is 3.15 bits per heavy atom. The molecule has 66 valence electrons.